The van der Waals surface area contributed by atoms with E-state index in [1.165, 1.54) is 0 Å². The van der Waals surface area contributed by atoms with E-state index < -0.39 is 12.5 Å². The summed E-state index contributed by atoms with van der Waals surface area (Å²) in [6.45, 7) is -0.620. The molecule has 27 heavy (non-hydrogen) atoms. The lowest BCUT2D eigenvalue weighted by atomic mass is 10.0. The Morgan fingerprint density at radius 1 is 1.00 bits per heavy atom. The van der Waals surface area contributed by atoms with Crippen LogP contribution < -0.4 is 5.73 Å². The number of hydrogen-bond acceptors (Lipinski definition) is 4. The van der Waals surface area contributed by atoms with Gasteiger partial charge in [-0.15, -0.1) is 10.2 Å². The zero-order valence-electron chi connectivity index (χ0n) is 14.6. The van der Waals surface area contributed by atoms with Crippen LogP contribution in [0.25, 0.3) is 28.1 Å². The van der Waals surface area contributed by atoms with E-state index in [9.17, 15) is 8.78 Å². The first-order chi connectivity index (χ1) is 13.1. The van der Waals surface area contributed by atoms with Gasteiger partial charge in [0.25, 0.3) is 5.92 Å². The number of nitrogens with two attached hydrogens (primary N) is 1. The number of aromatic nitrogens is 4. The highest BCUT2D eigenvalue weighted by atomic mass is 19.3. The van der Waals surface area contributed by atoms with E-state index in [0.29, 0.717) is 24.4 Å². The minimum absolute atomic E-state index is 0.228. The second-order valence-electron chi connectivity index (χ2n) is 6.55. The molecule has 0 fully saturated rings. The average Bonchev–Trinajstić information content (AvgIpc) is 3.12. The molecule has 0 unspecified atom stereocenters. The smallest absolute Gasteiger partial charge is 0.260 e. The van der Waals surface area contributed by atoms with Crippen LogP contribution in [0.2, 0.25) is 0 Å². The monoisotopic (exact) mass is 367 g/mol. The normalized spacial score (nSPS) is 12.1. The summed E-state index contributed by atoms with van der Waals surface area (Å²) < 4.78 is 28.7. The Labute approximate surface area is 154 Å². The largest absolute Gasteiger partial charge is 0.325 e. The van der Waals surface area contributed by atoms with Crippen molar-refractivity contribution in [2.75, 3.05) is 6.54 Å². The van der Waals surface area contributed by atoms with Crippen LogP contribution in [0.5, 0.6) is 0 Å². The summed E-state index contributed by atoms with van der Waals surface area (Å²) >= 11 is 0. The van der Waals surface area contributed by atoms with Crippen molar-refractivity contribution in [2.24, 2.45) is 5.73 Å². The summed E-state index contributed by atoms with van der Waals surface area (Å²) in [5.41, 5.74) is 8.30. The molecule has 5 nitrogen and oxygen atoms in total. The third-order valence-corrected chi connectivity index (χ3v) is 4.63. The number of nitrogens with zero attached hydrogens (tertiary/aromatic N) is 4. The van der Waals surface area contributed by atoms with Crippen LogP contribution >= 0.6 is 0 Å². The van der Waals surface area contributed by atoms with E-state index >= 15 is 0 Å². The van der Waals surface area contributed by atoms with Gasteiger partial charge in [-0.1, -0.05) is 30.3 Å². The summed E-state index contributed by atoms with van der Waals surface area (Å²) in [7, 11) is 0. The van der Waals surface area contributed by atoms with Crippen molar-refractivity contribution in [2.45, 2.75) is 25.2 Å². The minimum Gasteiger partial charge on any atom is -0.325 e. The van der Waals surface area contributed by atoms with Gasteiger partial charge >= 0.3 is 0 Å². The minimum atomic E-state index is -2.82. The van der Waals surface area contributed by atoms with Crippen molar-refractivity contribution in [1.82, 2.24) is 19.6 Å². The van der Waals surface area contributed by atoms with Crippen molar-refractivity contribution in [3.8, 4) is 11.5 Å². The molecule has 1 aromatic carbocycles. The molecule has 0 aliphatic carbocycles. The van der Waals surface area contributed by atoms with Crippen LogP contribution in [-0.4, -0.2) is 32.0 Å². The van der Waals surface area contributed by atoms with Crippen LogP contribution in [0.3, 0.4) is 0 Å². The van der Waals surface area contributed by atoms with Gasteiger partial charge in [0, 0.05) is 18.0 Å². The van der Waals surface area contributed by atoms with Crippen molar-refractivity contribution < 1.29 is 8.78 Å². The summed E-state index contributed by atoms with van der Waals surface area (Å²) in [6, 6.07) is 15.4. The lowest BCUT2D eigenvalue weighted by molar-refractivity contribution is 0.000371. The number of para-hydroxylation sites is 1. The standard InChI is InChI=1S/C20H19F2N5/c21-20(22,13-23)11-4-7-14-5-3-6-15-9-10-16(24-18(14)15)19-26-25-17-8-1-2-12-27(17)19/h1-3,5-6,8-10,12H,4,7,11,13,23H2. The Morgan fingerprint density at radius 3 is 2.74 bits per heavy atom. The molecule has 0 saturated carbocycles. The second kappa shape index (κ2) is 7.00. The quantitative estimate of drug-likeness (QED) is 0.562. The van der Waals surface area contributed by atoms with E-state index in [4.69, 9.17) is 10.7 Å². The van der Waals surface area contributed by atoms with Crippen LogP contribution in [0, 0.1) is 0 Å². The zero-order chi connectivity index (χ0) is 18.9. The van der Waals surface area contributed by atoms with Crippen LogP contribution in [0.4, 0.5) is 8.78 Å². The molecule has 0 spiro atoms. The van der Waals surface area contributed by atoms with Gasteiger partial charge < -0.3 is 5.73 Å². The number of hydrogen-bond donors (Lipinski definition) is 1. The molecule has 4 rings (SSSR count). The fourth-order valence-electron chi connectivity index (χ4n) is 3.19. The second-order valence-corrected chi connectivity index (χ2v) is 6.55. The highest BCUT2D eigenvalue weighted by Crippen LogP contribution is 2.25. The molecule has 0 atom stereocenters. The lowest BCUT2D eigenvalue weighted by Gasteiger charge is -2.13. The lowest BCUT2D eigenvalue weighted by Crippen LogP contribution is -2.27. The highest BCUT2D eigenvalue weighted by molar-refractivity contribution is 5.84. The van der Waals surface area contributed by atoms with Crippen LogP contribution in [0.15, 0.2) is 54.7 Å². The van der Waals surface area contributed by atoms with Gasteiger partial charge in [0.15, 0.2) is 11.5 Å². The molecule has 7 heteroatoms. The van der Waals surface area contributed by atoms with Gasteiger partial charge in [0.05, 0.1) is 12.1 Å². The van der Waals surface area contributed by atoms with Gasteiger partial charge in [-0.2, -0.15) is 0 Å². The summed E-state index contributed by atoms with van der Waals surface area (Å²) in [5.74, 6) is -2.17. The Morgan fingerprint density at radius 2 is 1.89 bits per heavy atom. The summed E-state index contributed by atoms with van der Waals surface area (Å²) in [5, 5.41) is 9.37. The highest BCUT2D eigenvalue weighted by Gasteiger charge is 2.25. The number of halogens is 2. The number of rotatable bonds is 6. The average molecular weight is 367 g/mol. The molecule has 0 aliphatic heterocycles. The molecule has 4 aromatic rings. The first-order valence-corrected chi connectivity index (χ1v) is 8.84. The van der Waals surface area contributed by atoms with Crippen molar-refractivity contribution in [3.63, 3.8) is 0 Å². The number of fused-ring (bicyclic) bond motifs is 2. The SMILES string of the molecule is NCC(F)(F)CCCc1cccc2ccc(-c3nnc4ccccn34)nc12. The molecule has 0 amide bonds. The maximum atomic E-state index is 13.4. The molecule has 0 radical (unpaired) electrons. The molecule has 0 bridgehead atoms. The van der Waals surface area contributed by atoms with Gasteiger partial charge in [0.2, 0.25) is 0 Å². The number of aryl methyl sites for hydroxylation is 1. The van der Waals surface area contributed by atoms with Gasteiger partial charge in [-0.25, -0.2) is 13.8 Å². The first-order valence-electron chi connectivity index (χ1n) is 8.84. The Bertz CT molecular complexity index is 1090. The molecule has 138 valence electrons. The maximum Gasteiger partial charge on any atom is 0.260 e. The van der Waals surface area contributed by atoms with E-state index in [1.807, 2.05) is 59.1 Å². The molecular formula is C20H19F2N5. The van der Waals surface area contributed by atoms with Crippen molar-refractivity contribution in [3.05, 3.63) is 60.3 Å². The first kappa shape index (κ1) is 17.5. The van der Waals surface area contributed by atoms with Crippen LogP contribution in [-0.2, 0) is 6.42 Å². The molecular weight excluding hydrogens is 348 g/mol. The van der Waals surface area contributed by atoms with Crippen LogP contribution in [0.1, 0.15) is 18.4 Å². The molecule has 0 aliphatic rings. The van der Waals surface area contributed by atoms with E-state index in [0.717, 1.165) is 22.1 Å². The summed E-state index contributed by atoms with van der Waals surface area (Å²) in [6.07, 6.45) is 2.53. The fourth-order valence-corrected chi connectivity index (χ4v) is 3.19. The third kappa shape index (κ3) is 3.50. The van der Waals surface area contributed by atoms with E-state index in [2.05, 4.69) is 10.2 Å². The van der Waals surface area contributed by atoms with E-state index in [1.54, 1.807) is 0 Å². The molecule has 3 heterocycles. The maximum absolute atomic E-state index is 13.4. The fraction of sp³-hybridized carbons (Fsp3) is 0.250. The van der Waals surface area contributed by atoms with E-state index in [-0.39, 0.29) is 6.42 Å². The number of pyridine rings is 2. The number of benzene rings is 1. The van der Waals surface area contributed by atoms with Crippen molar-refractivity contribution in [1.29, 1.82) is 0 Å². The topological polar surface area (TPSA) is 69.1 Å². The zero-order valence-corrected chi connectivity index (χ0v) is 14.6. The Balaban J connectivity index is 1.69. The van der Waals surface area contributed by atoms with Gasteiger partial charge in [-0.05, 0) is 36.6 Å². The summed E-state index contributed by atoms with van der Waals surface area (Å²) in [4.78, 5) is 4.77. The molecule has 2 N–H and O–H groups in total. The third-order valence-electron chi connectivity index (χ3n) is 4.63. The van der Waals surface area contributed by atoms with Crippen molar-refractivity contribution >= 4 is 16.6 Å². The molecule has 3 aromatic heterocycles. The predicted molar refractivity (Wildman–Crippen MR) is 101 cm³/mol. The Hall–Kier alpha value is -2.93. The predicted octanol–water partition coefficient (Wildman–Crippen LogP) is 3.86. The Kier molecular flexibility index (Phi) is 4.53. The van der Waals surface area contributed by atoms with Gasteiger partial charge in [0.1, 0.15) is 5.69 Å². The van der Waals surface area contributed by atoms with Gasteiger partial charge in [-0.3, -0.25) is 4.40 Å². The molecule has 0 saturated heterocycles. The number of alkyl halides is 2.